The Morgan fingerprint density at radius 1 is 1.07 bits per heavy atom. The van der Waals surface area contributed by atoms with E-state index in [-0.39, 0.29) is 23.9 Å². The third kappa shape index (κ3) is 6.44. The molecule has 0 radical (unpaired) electrons. The van der Waals surface area contributed by atoms with Crippen molar-refractivity contribution in [3.8, 4) is 5.75 Å². The number of carbonyl (C=O) groups is 2. The Bertz CT molecular complexity index is 1520. The quantitative estimate of drug-likeness (QED) is 0.210. The fourth-order valence-electron chi connectivity index (χ4n) is 5.95. The molecule has 1 aliphatic rings. The van der Waals surface area contributed by atoms with Crippen LogP contribution in [-0.4, -0.2) is 60.0 Å². The second-order valence-corrected chi connectivity index (χ2v) is 11.3. The summed E-state index contributed by atoms with van der Waals surface area (Å²) in [5, 5.41) is 7.29. The highest BCUT2D eigenvalue weighted by molar-refractivity contribution is 5.99. The summed E-state index contributed by atoms with van der Waals surface area (Å²) < 4.78 is 5.86. The topological polar surface area (TPSA) is 89.7 Å². The predicted molar refractivity (Wildman–Crippen MR) is 168 cm³/mol. The number of anilines is 1. The second-order valence-electron chi connectivity index (χ2n) is 11.3. The Kier molecular flexibility index (Phi) is 9.12. The summed E-state index contributed by atoms with van der Waals surface area (Å²) in [5.74, 6) is -0.00945. The molecule has 4 aromatic rings. The number of amides is 3. The highest BCUT2D eigenvalue weighted by atomic mass is 16.5. The van der Waals surface area contributed by atoms with Gasteiger partial charge in [0.2, 0.25) is 5.91 Å². The SMILES string of the molecule is CCOc1ccc(CN(C)C)cc1NC(=O)C(NC(=O)N1CCCC1c1ccccc1)C(C)c1c[nH]c2ccccc12. The molecular formula is C34H41N5O3. The van der Waals surface area contributed by atoms with Crippen molar-refractivity contribution < 1.29 is 14.3 Å². The fourth-order valence-corrected chi connectivity index (χ4v) is 5.95. The maximum atomic E-state index is 14.2. The maximum absolute atomic E-state index is 14.2. The number of nitrogens with one attached hydrogen (secondary N) is 3. The van der Waals surface area contributed by atoms with Gasteiger partial charge in [0.15, 0.2) is 0 Å². The van der Waals surface area contributed by atoms with Crippen molar-refractivity contribution in [2.45, 2.75) is 51.2 Å². The normalized spacial score (nSPS) is 16.4. The summed E-state index contributed by atoms with van der Waals surface area (Å²) in [7, 11) is 4.01. The third-order valence-electron chi connectivity index (χ3n) is 7.97. The van der Waals surface area contributed by atoms with E-state index in [9.17, 15) is 9.59 Å². The van der Waals surface area contributed by atoms with Gasteiger partial charge in [0.1, 0.15) is 11.8 Å². The van der Waals surface area contributed by atoms with Crippen LogP contribution in [0.2, 0.25) is 0 Å². The molecule has 8 heteroatoms. The van der Waals surface area contributed by atoms with E-state index in [1.807, 2.05) is 99.7 Å². The number of fused-ring (bicyclic) bond motifs is 1. The summed E-state index contributed by atoms with van der Waals surface area (Å²) in [6.45, 7) is 5.74. The van der Waals surface area contributed by atoms with E-state index >= 15 is 0 Å². The van der Waals surface area contributed by atoms with Crippen LogP contribution in [0.3, 0.4) is 0 Å². The lowest BCUT2D eigenvalue weighted by molar-refractivity contribution is -0.118. The van der Waals surface area contributed by atoms with Gasteiger partial charge in [-0.3, -0.25) is 4.79 Å². The average molecular weight is 568 g/mol. The molecule has 2 heterocycles. The smallest absolute Gasteiger partial charge is 0.318 e. The molecule has 1 saturated heterocycles. The fraction of sp³-hybridized carbons (Fsp3) is 0.353. The molecule has 1 aliphatic heterocycles. The van der Waals surface area contributed by atoms with Gasteiger partial charge in [-0.15, -0.1) is 0 Å². The first-order chi connectivity index (χ1) is 20.4. The van der Waals surface area contributed by atoms with E-state index in [1.165, 1.54) is 0 Å². The minimum Gasteiger partial charge on any atom is -0.492 e. The highest BCUT2D eigenvalue weighted by Crippen LogP contribution is 2.34. The van der Waals surface area contributed by atoms with Crippen molar-refractivity contribution in [2.75, 3.05) is 32.6 Å². The van der Waals surface area contributed by atoms with Crippen molar-refractivity contribution in [3.63, 3.8) is 0 Å². The third-order valence-corrected chi connectivity index (χ3v) is 7.97. The Labute approximate surface area is 248 Å². The van der Waals surface area contributed by atoms with Crippen LogP contribution in [0, 0.1) is 0 Å². The van der Waals surface area contributed by atoms with Crippen LogP contribution in [0.1, 0.15) is 55.3 Å². The van der Waals surface area contributed by atoms with Crippen LogP contribution in [0.25, 0.3) is 10.9 Å². The number of H-pyrrole nitrogens is 1. The largest absolute Gasteiger partial charge is 0.492 e. The molecule has 3 N–H and O–H groups in total. The second kappa shape index (κ2) is 13.1. The first-order valence-corrected chi connectivity index (χ1v) is 14.7. The highest BCUT2D eigenvalue weighted by Gasteiger charge is 2.35. The predicted octanol–water partition coefficient (Wildman–Crippen LogP) is 6.29. The monoisotopic (exact) mass is 567 g/mol. The molecule has 3 atom stereocenters. The van der Waals surface area contributed by atoms with Crippen molar-refractivity contribution in [2.24, 2.45) is 0 Å². The maximum Gasteiger partial charge on any atom is 0.318 e. The Hall–Kier alpha value is -4.30. The molecule has 1 aromatic heterocycles. The lowest BCUT2D eigenvalue weighted by Crippen LogP contribution is -2.51. The lowest BCUT2D eigenvalue weighted by Gasteiger charge is -2.30. The molecule has 3 amide bonds. The van der Waals surface area contributed by atoms with E-state index < -0.39 is 6.04 Å². The van der Waals surface area contributed by atoms with E-state index in [0.717, 1.165) is 47.0 Å². The van der Waals surface area contributed by atoms with Gasteiger partial charge in [-0.2, -0.15) is 0 Å². The first kappa shape index (κ1) is 29.2. The Morgan fingerprint density at radius 2 is 1.83 bits per heavy atom. The van der Waals surface area contributed by atoms with Crippen LogP contribution in [0.5, 0.6) is 5.75 Å². The van der Waals surface area contributed by atoms with Crippen molar-refractivity contribution in [1.82, 2.24) is 20.1 Å². The summed E-state index contributed by atoms with van der Waals surface area (Å²) >= 11 is 0. The number of ether oxygens (including phenoxy) is 1. The molecule has 220 valence electrons. The zero-order valence-corrected chi connectivity index (χ0v) is 24.9. The molecule has 3 aromatic carbocycles. The van der Waals surface area contributed by atoms with Gasteiger partial charge in [-0.1, -0.05) is 61.5 Å². The molecule has 0 spiro atoms. The van der Waals surface area contributed by atoms with E-state index in [1.54, 1.807) is 0 Å². The number of hydrogen-bond acceptors (Lipinski definition) is 4. The van der Waals surface area contributed by atoms with Crippen molar-refractivity contribution >= 4 is 28.5 Å². The molecule has 8 nitrogen and oxygen atoms in total. The number of nitrogens with zero attached hydrogens (tertiary/aromatic N) is 2. The van der Waals surface area contributed by atoms with E-state index in [4.69, 9.17) is 4.74 Å². The first-order valence-electron chi connectivity index (χ1n) is 14.7. The van der Waals surface area contributed by atoms with Crippen LogP contribution < -0.4 is 15.4 Å². The van der Waals surface area contributed by atoms with E-state index in [0.29, 0.717) is 24.6 Å². The van der Waals surface area contributed by atoms with Gasteiger partial charge < -0.3 is 30.2 Å². The minimum absolute atomic E-state index is 0.0226. The molecule has 3 unspecified atom stereocenters. The number of aromatic nitrogens is 1. The summed E-state index contributed by atoms with van der Waals surface area (Å²) in [6.07, 6.45) is 3.74. The summed E-state index contributed by atoms with van der Waals surface area (Å²) in [5.41, 5.74) is 4.71. The molecule has 5 rings (SSSR count). The minimum atomic E-state index is -0.833. The molecular weight excluding hydrogens is 526 g/mol. The van der Waals surface area contributed by atoms with Crippen LogP contribution in [0.4, 0.5) is 10.5 Å². The number of para-hydroxylation sites is 1. The van der Waals surface area contributed by atoms with E-state index in [2.05, 4.69) is 32.7 Å². The van der Waals surface area contributed by atoms with Gasteiger partial charge in [-0.25, -0.2) is 4.79 Å². The molecule has 1 fully saturated rings. The molecule has 0 aliphatic carbocycles. The van der Waals surface area contributed by atoms with Crippen LogP contribution in [0.15, 0.2) is 79.0 Å². The van der Waals surface area contributed by atoms with Gasteiger partial charge in [-0.05, 0) is 68.8 Å². The number of rotatable bonds is 10. The van der Waals surface area contributed by atoms with Crippen LogP contribution in [-0.2, 0) is 11.3 Å². The number of urea groups is 1. The molecule has 0 saturated carbocycles. The zero-order chi connectivity index (χ0) is 29.6. The molecule has 0 bridgehead atoms. The number of aromatic amines is 1. The molecule has 42 heavy (non-hydrogen) atoms. The van der Waals surface area contributed by atoms with Crippen molar-refractivity contribution in [3.05, 3.63) is 95.7 Å². The van der Waals surface area contributed by atoms with Gasteiger partial charge >= 0.3 is 6.03 Å². The van der Waals surface area contributed by atoms with Crippen molar-refractivity contribution in [1.29, 1.82) is 0 Å². The Balaban J connectivity index is 1.46. The van der Waals surface area contributed by atoms with Gasteiger partial charge in [0.05, 0.1) is 18.3 Å². The number of hydrogen-bond donors (Lipinski definition) is 3. The summed E-state index contributed by atoms with van der Waals surface area (Å²) in [6, 6.07) is 22.9. The zero-order valence-electron chi connectivity index (χ0n) is 24.9. The van der Waals surface area contributed by atoms with Crippen LogP contribution >= 0.6 is 0 Å². The average Bonchev–Trinajstić information content (AvgIpc) is 3.65. The number of likely N-dealkylation sites (tertiary alicyclic amines) is 1. The summed E-state index contributed by atoms with van der Waals surface area (Å²) in [4.78, 5) is 35.3. The van der Waals surface area contributed by atoms with Gasteiger partial charge in [0, 0.05) is 36.1 Å². The van der Waals surface area contributed by atoms with Gasteiger partial charge in [0.25, 0.3) is 0 Å². The number of benzene rings is 3. The lowest BCUT2D eigenvalue weighted by atomic mass is 9.92. The Morgan fingerprint density at radius 3 is 2.60 bits per heavy atom. The standard InChI is InChI=1S/C34H41N5O3/c1-5-42-31-18-17-24(22-38(3)4)20-29(31)36-33(40)32(23(2)27-21-35-28-15-10-9-14-26(27)28)37-34(41)39-19-11-16-30(39)25-12-7-6-8-13-25/h6-10,12-15,17-18,20-21,23,30,32,35H,5,11,16,19,22H2,1-4H3,(H,36,40)(H,37,41). The number of carbonyl (C=O) groups excluding carboxylic acids is 2.